The summed E-state index contributed by atoms with van der Waals surface area (Å²) < 4.78 is 5.16. The second kappa shape index (κ2) is 10.6. The first-order chi connectivity index (χ1) is 12.2. The van der Waals surface area contributed by atoms with E-state index in [9.17, 15) is 14.4 Å². The number of carbonyl (C=O) groups excluding carboxylic acids is 3. The van der Waals surface area contributed by atoms with Crippen LogP contribution in [0.1, 0.15) is 13.8 Å². The van der Waals surface area contributed by atoms with Gasteiger partial charge in [-0.15, -0.1) is 0 Å². The highest BCUT2D eigenvalue weighted by Gasteiger charge is 2.14. The van der Waals surface area contributed by atoms with Crippen molar-refractivity contribution in [2.75, 3.05) is 39.1 Å². The maximum Gasteiger partial charge on any atom is 0.321 e. The van der Waals surface area contributed by atoms with Gasteiger partial charge in [0.1, 0.15) is 5.75 Å². The van der Waals surface area contributed by atoms with Crippen molar-refractivity contribution in [2.24, 2.45) is 5.92 Å². The summed E-state index contributed by atoms with van der Waals surface area (Å²) in [6, 6.07) is 4.32. The van der Waals surface area contributed by atoms with Crippen molar-refractivity contribution in [1.29, 1.82) is 0 Å². The molecule has 0 saturated heterocycles. The zero-order chi connectivity index (χ0) is 19.7. The molecular weight excluding hydrogens is 360 g/mol. The van der Waals surface area contributed by atoms with Gasteiger partial charge in [-0.3, -0.25) is 19.8 Å². The Balaban J connectivity index is 2.46. The summed E-state index contributed by atoms with van der Waals surface area (Å²) in [5.74, 6) is -0.0808. The third-order valence-electron chi connectivity index (χ3n) is 3.19. The van der Waals surface area contributed by atoms with Gasteiger partial charge in [0.15, 0.2) is 0 Å². The lowest BCUT2D eigenvalue weighted by Crippen LogP contribution is -2.45. The molecule has 4 amide bonds. The molecule has 0 atom stereocenters. The molecule has 0 spiro atoms. The molecule has 0 aliphatic heterocycles. The van der Waals surface area contributed by atoms with E-state index in [1.54, 1.807) is 25.2 Å². The SMILES string of the molecule is COc1ccc(Cl)cc1NC(=O)CN(C)CC(=O)NC(=O)NCC(C)C. The van der Waals surface area contributed by atoms with Gasteiger partial charge >= 0.3 is 6.03 Å². The van der Waals surface area contributed by atoms with Crippen LogP contribution in [-0.4, -0.2) is 56.5 Å². The van der Waals surface area contributed by atoms with Gasteiger partial charge in [-0.1, -0.05) is 25.4 Å². The van der Waals surface area contributed by atoms with Crippen molar-refractivity contribution in [2.45, 2.75) is 13.8 Å². The number of ether oxygens (including phenoxy) is 1. The van der Waals surface area contributed by atoms with Crippen LogP contribution >= 0.6 is 11.6 Å². The van der Waals surface area contributed by atoms with Gasteiger partial charge in [0, 0.05) is 11.6 Å². The van der Waals surface area contributed by atoms with E-state index in [4.69, 9.17) is 16.3 Å². The van der Waals surface area contributed by atoms with Crippen LogP contribution in [0, 0.1) is 5.92 Å². The number of hydrogen-bond acceptors (Lipinski definition) is 5. The highest BCUT2D eigenvalue weighted by atomic mass is 35.5. The van der Waals surface area contributed by atoms with Gasteiger partial charge in [0.05, 0.1) is 25.9 Å². The Morgan fingerprint density at radius 3 is 2.46 bits per heavy atom. The monoisotopic (exact) mass is 384 g/mol. The number of halogens is 1. The van der Waals surface area contributed by atoms with Crippen LogP contribution in [0.2, 0.25) is 5.02 Å². The fourth-order valence-electron chi connectivity index (χ4n) is 2.02. The molecule has 1 aromatic carbocycles. The summed E-state index contributed by atoms with van der Waals surface area (Å²) in [7, 11) is 3.08. The average Bonchev–Trinajstić information content (AvgIpc) is 2.52. The molecule has 1 rings (SSSR count). The predicted molar refractivity (Wildman–Crippen MR) is 101 cm³/mol. The summed E-state index contributed by atoms with van der Waals surface area (Å²) in [4.78, 5) is 37.0. The minimum Gasteiger partial charge on any atom is -0.495 e. The number of benzene rings is 1. The number of carbonyl (C=O) groups is 3. The Bertz CT molecular complexity index is 652. The van der Waals surface area contributed by atoms with E-state index in [0.29, 0.717) is 23.0 Å². The molecule has 9 heteroatoms. The van der Waals surface area contributed by atoms with Crippen molar-refractivity contribution >= 4 is 35.1 Å². The average molecular weight is 385 g/mol. The lowest BCUT2D eigenvalue weighted by Gasteiger charge is -2.17. The van der Waals surface area contributed by atoms with E-state index < -0.39 is 11.9 Å². The maximum atomic E-state index is 12.1. The van der Waals surface area contributed by atoms with Crippen molar-refractivity contribution in [3.63, 3.8) is 0 Å². The van der Waals surface area contributed by atoms with Crippen LogP contribution in [0.3, 0.4) is 0 Å². The molecule has 144 valence electrons. The summed E-state index contributed by atoms with van der Waals surface area (Å²) in [6.45, 7) is 4.22. The molecule has 0 fully saturated rings. The Hall–Kier alpha value is -2.32. The first-order valence-corrected chi connectivity index (χ1v) is 8.48. The normalized spacial score (nSPS) is 10.6. The molecular formula is C17H25ClN4O4. The van der Waals surface area contributed by atoms with E-state index in [1.165, 1.54) is 12.0 Å². The van der Waals surface area contributed by atoms with Crippen LogP contribution < -0.4 is 20.7 Å². The van der Waals surface area contributed by atoms with Gasteiger partial charge in [-0.05, 0) is 31.2 Å². The predicted octanol–water partition coefficient (Wildman–Crippen LogP) is 1.70. The van der Waals surface area contributed by atoms with Gasteiger partial charge in [0.2, 0.25) is 11.8 Å². The minimum atomic E-state index is -0.551. The summed E-state index contributed by atoms with van der Waals surface area (Å²) in [5, 5.41) is 7.94. The minimum absolute atomic E-state index is 0.0449. The molecule has 26 heavy (non-hydrogen) atoms. The van der Waals surface area contributed by atoms with Gasteiger partial charge < -0.3 is 15.4 Å². The van der Waals surface area contributed by atoms with E-state index in [1.807, 2.05) is 13.8 Å². The second-order valence-electron chi connectivity index (χ2n) is 6.22. The van der Waals surface area contributed by atoms with E-state index >= 15 is 0 Å². The second-order valence-corrected chi connectivity index (χ2v) is 6.65. The van der Waals surface area contributed by atoms with Crippen LogP contribution in [0.15, 0.2) is 18.2 Å². The number of imide groups is 1. The third kappa shape index (κ3) is 8.17. The number of anilines is 1. The van der Waals surface area contributed by atoms with Gasteiger partial charge in [-0.2, -0.15) is 0 Å². The quantitative estimate of drug-likeness (QED) is 0.633. The van der Waals surface area contributed by atoms with Gasteiger partial charge in [-0.25, -0.2) is 4.79 Å². The number of hydrogen-bond donors (Lipinski definition) is 3. The van der Waals surface area contributed by atoms with Gasteiger partial charge in [0.25, 0.3) is 0 Å². The molecule has 0 unspecified atom stereocenters. The van der Waals surface area contributed by atoms with Crippen molar-refractivity contribution in [3.05, 3.63) is 23.2 Å². The number of likely N-dealkylation sites (N-methyl/N-ethyl adjacent to an activating group) is 1. The highest BCUT2D eigenvalue weighted by Crippen LogP contribution is 2.27. The van der Waals surface area contributed by atoms with Crippen molar-refractivity contribution in [1.82, 2.24) is 15.5 Å². The molecule has 0 bridgehead atoms. The van der Waals surface area contributed by atoms with Crippen molar-refractivity contribution in [3.8, 4) is 5.75 Å². The number of amides is 4. The summed E-state index contributed by atoms with van der Waals surface area (Å²) >= 11 is 5.92. The molecule has 0 aliphatic carbocycles. The fourth-order valence-corrected chi connectivity index (χ4v) is 2.19. The topological polar surface area (TPSA) is 99.8 Å². The first kappa shape index (κ1) is 21.7. The molecule has 0 aromatic heterocycles. The fraction of sp³-hybridized carbons (Fsp3) is 0.471. The number of nitrogens with zero attached hydrogens (tertiary/aromatic N) is 1. The third-order valence-corrected chi connectivity index (χ3v) is 3.42. The van der Waals surface area contributed by atoms with E-state index in [2.05, 4.69) is 16.0 Å². The Kier molecular flexibility index (Phi) is 8.87. The lowest BCUT2D eigenvalue weighted by molar-refractivity contribution is -0.122. The number of methoxy groups -OCH3 is 1. The molecule has 0 heterocycles. The lowest BCUT2D eigenvalue weighted by atomic mass is 10.2. The Morgan fingerprint density at radius 1 is 1.19 bits per heavy atom. The Morgan fingerprint density at radius 2 is 1.85 bits per heavy atom. The molecule has 3 N–H and O–H groups in total. The van der Waals surface area contributed by atoms with Crippen LogP contribution in [-0.2, 0) is 9.59 Å². The van der Waals surface area contributed by atoms with Crippen molar-refractivity contribution < 1.29 is 19.1 Å². The molecule has 0 saturated carbocycles. The van der Waals surface area contributed by atoms with E-state index in [0.717, 1.165) is 0 Å². The molecule has 0 aliphatic rings. The maximum absolute atomic E-state index is 12.1. The first-order valence-electron chi connectivity index (χ1n) is 8.11. The largest absolute Gasteiger partial charge is 0.495 e. The zero-order valence-corrected chi connectivity index (χ0v) is 16.1. The standard InChI is InChI=1S/C17H25ClN4O4/c1-11(2)8-19-17(25)21-16(24)10-22(3)9-15(23)20-13-7-12(18)5-6-14(13)26-4/h5-7,11H,8-10H2,1-4H3,(H,20,23)(H2,19,21,24,25). The molecule has 0 radical (unpaired) electrons. The van der Waals surface area contributed by atoms with Crippen LogP contribution in [0.4, 0.5) is 10.5 Å². The Labute approximate surface area is 158 Å². The van der Waals surface area contributed by atoms with Crippen LogP contribution in [0.25, 0.3) is 0 Å². The molecule has 8 nitrogen and oxygen atoms in total. The zero-order valence-electron chi connectivity index (χ0n) is 15.4. The number of urea groups is 1. The smallest absolute Gasteiger partial charge is 0.321 e. The summed E-state index contributed by atoms with van der Waals surface area (Å²) in [5.41, 5.74) is 0.441. The van der Waals surface area contributed by atoms with Crippen LogP contribution in [0.5, 0.6) is 5.75 Å². The highest BCUT2D eigenvalue weighted by molar-refractivity contribution is 6.31. The number of rotatable bonds is 8. The number of nitrogens with one attached hydrogen (secondary N) is 3. The summed E-state index contributed by atoms with van der Waals surface area (Å²) in [6.07, 6.45) is 0. The van der Waals surface area contributed by atoms with E-state index in [-0.39, 0.29) is 24.9 Å². The molecule has 1 aromatic rings.